The van der Waals surface area contributed by atoms with E-state index in [-0.39, 0.29) is 12.5 Å². The molecule has 6 heteroatoms. The van der Waals surface area contributed by atoms with E-state index in [0.717, 1.165) is 5.69 Å². The summed E-state index contributed by atoms with van der Waals surface area (Å²) in [6.07, 6.45) is 0. The van der Waals surface area contributed by atoms with Gasteiger partial charge in [0.05, 0.1) is 20.8 Å². The molecule has 1 aromatic rings. The third kappa shape index (κ3) is 3.39. The van der Waals surface area contributed by atoms with E-state index in [0.29, 0.717) is 12.2 Å². The van der Waals surface area contributed by atoms with Crippen molar-refractivity contribution in [1.29, 1.82) is 0 Å². The summed E-state index contributed by atoms with van der Waals surface area (Å²) in [7, 11) is 2.65. The number of aromatic amines is 1. The number of aromatic nitrogens is 1. The van der Waals surface area contributed by atoms with Gasteiger partial charge in [-0.3, -0.25) is 4.79 Å². The van der Waals surface area contributed by atoms with Crippen molar-refractivity contribution >= 4 is 11.9 Å². The summed E-state index contributed by atoms with van der Waals surface area (Å²) >= 11 is 0. The van der Waals surface area contributed by atoms with E-state index in [4.69, 9.17) is 0 Å². The molecule has 16 heavy (non-hydrogen) atoms. The zero-order valence-electron chi connectivity index (χ0n) is 9.20. The third-order valence-electron chi connectivity index (χ3n) is 1.96. The van der Waals surface area contributed by atoms with Gasteiger partial charge in [0.15, 0.2) is 0 Å². The molecule has 0 bridgehead atoms. The fourth-order valence-electron chi connectivity index (χ4n) is 1.14. The van der Waals surface area contributed by atoms with E-state index >= 15 is 0 Å². The average molecular weight is 226 g/mol. The molecule has 88 valence electrons. The van der Waals surface area contributed by atoms with Crippen molar-refractivity contribution in [3.8, 4) is 0 Å². The average Bonchev–Trinajstić information content (AvgIpc) is 2.76. The molecule has 0 saturated heterocycles. The minimum absolute atomic E-state index is 0.128. The predicted molar refractivity (Wildman–Crippen MR) is 55.9 cm³/mol. The van der Waals surface area contributed by atoms with Crippen molar-refractivity contribution in [3.63, 3.8) is 0 Å². The summed E-state index contributed by atoms with van der Waals surface area (Å²) < 4.78 is 9.01. The fraction of sp³-hybridized carbons (Fsp3) is 0.400. The molecule has 0 radical (unpaired) electrons. The monoisotopic (exact) mass is 226 g/mol. The minimum atomic E-state index is -0.417. The molecule has 1 aromatic heterocycles. The van der Waals surface area contributed by atoms with E-state index in [9.17, 15) is 9.59 Å². The van der Waals surface area contributed by atoms with Crippen LogP contribution in [0.3, 0.4) is 0 Å². The Labute approximate surface area is 92.9 Å². The SMILES string of the molecule is COC(=O)CNCc1ccc(C(=O)OC)[nH]1. The number of hydrogen-bond acceptors (Lipinski definition) is 5. The van der Waals surface area contributed by atoms with Crippen LogP contribution in [0.2, 0.25) is 0 Å². The summed E-state index contributed by atoms with van der Waals surface area (Å²) in [4.78, 5) is 24.8. The second-order valence-corrected chi connectivity index (χ2v) is 3.07. The fourth-order valence-corrected chi connectivity index (χ4v) is 1.14. The lowest BCUT2D eigenvalue weighted by Gasteiger charge is -2.01. The summed E-state index contributed by atoms with van der Waals surface area (Å²) in [5, 5.41) is 2.86. The quantitative estimate of drug-likeness (QED) is 0.694. The highest BCUT2D eigenvalue weighted by atomic mass is 16.5. The van der Waals surface area contributed by atoms with Crippen molar-refractivity contribution in [2.24, 2.45) is 0 Å². The Bertz CT molecular complexity index is 373. The van der Waals surface area contributed by atoms with Gasteiger partial charge >= 0.3 is 11.9 Å². The number of hydrogen-bond donors (Lipinski definition) is 2. The lowest BCUT2D eigenvalue weighted by molar-refractivity contribution is -0.139. The highest BCUT2D eigenvalue weighted by Gasteiger charge is 2.07. The van der Waals surface area contributed by atoms with Crippen molar-refractivity contribution in [1.82, 2.24) is 10.3 Å². The molecule has 2 N–H and O–H groups in total. The van der Waals surface area contributed by atoms with Crippen molar-refractivity contribution in [2.45, 2.75) is 6.54 Å². The van der Waals surface area contributed by atoms with Crippen LogP contribution in [0.5, 0.6) is 0 Å². The smallest absolute Gasteiger partial charge is 0.354 e. The van der Waals surface area contributed by atoms with E-state index in [1.807, 2.05) is 0 Å². The number of H-pyrrole nitrogens is 1. The first-order valence-electron chi connectivity index (χ1n) is 4.71. The van der Waals surface area contributed by atoms with E-state index in [1.165, 1.54) is 14.2 Å². The van der Waals surface area contributed by atoms with Gasteiger partial charge in [-0.25, -0.2) is 4.79 Å². The highest BCUT2D eigenvalue weighted by molar-refractivity contribution is 5.87. The number of carbonyl (C=O) groups is 2. The van der Waals surface area contributed by atoms with Crippen molar-refractivity contribution in [3.05, 3.63) is 23.5 Å². The first-order chi connectivity index (χ1) is 7.67. The Kier molecular flexibility index (Phi) is 4.53. The van der Waals surface area contributed by atoms with Crippen molar-refractivity contribution in [2.75, 3.05) is 20.8 Å². The van der Waals surface area contributed by atoms with Gasteiger partial charge < -0.3 is 19.8 Å². The lowest BCUT2D eigenvalue weighted by Crippen LogP contribution is -2.23. The molecule has 0 atom stereocenters. The molecule has 0 amide bonds. The summed E-state index contributed by atoms with van der Waals surface area (Å²) in [6.45, 7) is 0.579. The molecule has 0 saturated carbocycles. The number of esters is 2. The standard InChI is InChI=1S/C10H14N2O4/c1-15-9(13)6-11-5-7-3-4-8(12-7)10(14)16-2/h3-4,11-12H,5-6H2,1-2H3. The Morgan fingerprint density at radius 1 is 1.31 bits per heavy atom. The molecular formula is C10H14N2O4. The zero-order chi connectivity index (χ0) is 12.0. The Morgan fingerprint density at radius 3 is 2.69 bits per heavy atom. The molecule has 0 spiro atoms. The number of nitrogens with one attached hydrogen (secondary N) is 2. The zero-order valence-corrected chi connectivity index (χ0v) is 9.20. The van der Waals surface area contributed by atoms with Gasteiger partial charge in [0, 0.05) is 12.2 Å². The van der Waals surface area contributed by atoms with Crippen LogP contribution in [0, 0.1) is 0 Å². The van der Waals surface area contributed by atoms with Gasteiger partial charge in [-0.05, 0) is 12.1 Å². The Morgan fingerprint density at radius 2 is 2.06 bits per heavy atom. The van der Waals surface area contributed by atoms with Gasteiger partial charge in [0.2, 0.25) is 0 Å². The van der Waals surface area contributed by atoms with Gasteiger partial charge in [0.25, 0.3) is 0 Å². The molecule has 0 fully saturated rings. The topological polar surface area (TPSA) is 80.4 Å². The van der Waals surface area contributed by atoms with E-state index < -0.39 is 5.97 Å². The van der Waals surface area contributed by atoms with Crippen LogP contribution in [-0.2, 0) is 20.8 Å². The molecule has 1 heterocycles. The first-order valence-corrected chi connectivity index (χ1v) is 4.71. The predicted octanol–water partition coefficient (Wildman–Crippen LogP) is 0.0639. The van der Waals surface area contributed by atoms with Crippen LogP contribution in [0.15, 0.2) is 12.1 Å². The molecular weight excluding hydrogens is 212 g/mol. The van der Waals surface area contributed by atoms with Crippen LogP contribution in [0.25, 0.3) is 0 Å². The number of ether oxygens (including phenoxy) is 2. The Balaban J connectivity index is 2.41. The van der Waals surface area contributed by atoms with Crippen LogP contribution in [0.4, 0.5) is 0 Å². The van der Waals surface area contributed by atoms with Gasteiger partial charge in [-0.2, -0.15) is 0 Å². The van der Waals surface area contributed by atoms with Crippen LogP contribution < -0.4 is 5.32 Å². The summed E-state index contributed by atoms with van der Waals surface area (Å²) in [6, 6.07) is 3.37. The van der Waals surface area contributed by atoms with E-state index in [1.54, 1.807) is 12.1 Å². The molecule has 0 aliphatic heterocycles. The van der Waals surface area contributed by atoms with E-state index in [2.05, 4.69) is 19.8 Å². The molecule has 6 nitrogen and oxygen atoms in total. The third-order valence-corrected chi connectivity index (χ3v) is 1.96. The number of methoxy groups -OCH3 is 2. The highest BCUT2D eigenvalue weighted by Crippen LogP contribution is 2.02. The Hall–Kier alpha value is -1.82. The molecule has 0 aromatic carbocycles. The van der Waals surface area contributed by atoms with Gasteiger partial charge in [0.1, 0.15) is 5.69 Å². The first kappa shape index (κ1) is 12.3. The molecule has 0 unspecified atom stereocenters. The minimum Gasteiger partial charge on any atom is -0.468 e. The largest absolute Gasteiger partial charge is 0.468 e. The van der Waals surface area contributed by atoms with Crippen LogP contribution in [0.1, 0.15) is 16.2 Å². The second-order valence-electron chi connectivity index (χ2n) is 3.07. The lowest BCUT2D eigenvalue weighted by atomic mass is 10.4. The second kappa shape index (κ2) is 5.92. The van der Waals surface area contributed by atoms with Crippen LogP contribution >= 0.6 is 0 Å². The molecule has 0 aliphatic carbocycles. The normalized spacial score (nSPS) is 9.88. The number of carbonyl (C=O) groups excluding carboxylic acids is 2. The van der Waals surface area contributed by atoms with Crippen molar-refractivity contribution < 1.29 is 19.1 Å². The maximum atomic E-state index is 11.1. The molecule has 0 aliphatic rings. The maximum Gasteiger partial charge on any atom is 0.354 e. The summed E-state index contributed by atoms with van der Waals surface area (Å²) in [5.74, 6) is -0.751. The maximum absolute atomic E-state index is 11.1. The number of rotatable bonds is 5. The molecule has 1 rings (SSSR count). The van der Waals surface area contributed by atoms with Gasteiger partial charge in [-0.1, -0.05) is 0 Å². The van der Waals surface area contributed by atoms with Gasteiger partial charge in [-0.15, -0.1) is 0 Å². The van der Waals surface area contributed by atoms with Crippen LogP contribution in [-0.4, -0.2) is 37.7 Å². The summed E-state index contributed by atoms with van der Waals surface area (Å²) in [5.41, 5.74) is 1.18.